The van der Waals surface area contributed by atoms with Gasteiger partial charge in [-0.15, -0.1) is 0 Å². The molecule has 114 valence electrons. The molecule has 22 heavy (non-hydrogen) atoms. The van der Waals surface area contributed by atoms with Gasteiger partial charge in [-0.3, -0.25) is 4.79 Å². The van der Waals surface area contributed by atoms with Crippen LogP contribution in [0.1, 0.15) is 24.4 Å². The number of nitrogens with zero attached hydrogens (tertiary/aromatic N) is 1. The Morgan fingerprint density at radius 3 is 2.59 bits per heavy atom. The van der Waals surface area contributed by atoms with E-state index < -0.39 is 6.04 Å². The van der Waals surface area contributed by atoms with E-state index in [2.05, 4.69) is 15.6 Å². The molecule has 1 amide bonds. The molecule has 0 unspecified atom stereocenters. The first-order chi connectivity index (χ1) is 10.8. The van der Waals surface area contributed by atoms with E-state index in [1.54, 1.807) is 19.4 Å². The number of anilines is 1. The number of hydrogen-bond donors (Lipinski definition) is 2. The summed E-state index contributed by atoms with van der Waals surface area (Å²) in [7, 11) is 1.57. The third-order valence-electron chi connectivity index (χ3n) is 3.58. The SMILES string of the molecule is COc1ccc(N[C@H](C(=O)NC2CC2)c2ccccc2)cn1. The summed E-state index contributed by atoms with van der Waals surface area (Å²) >= 11 is 0. The van der Waals surface area contributed by atoms with E-state index >= 15 is 0 Å². The molecule has 3 rings (SSSR count). The van der Waals surface area contributed by atoms with Crippen LogP contribution in [0.5, 0.6) is 5.88 Å². The van der Waals surface area contributed by atoms with Crippen LogP contribution in [0, 0.1) is 0 Å². The van der Waals surface area contributed by atoms with E-state index in [4.69, 9.17) is 4.74 Å². The molecule has 1 aliphatic carbocycles. The fourth-order valence-electron chi connectivity index (χ4n) is 2.21. The summed E-state index contributed by atoms with van der Waals surface area (Å²) in [6, 6.07) is 13.2. The van der Waals surface area contributed by atoms with Gasteiger partial charge in [0.25, 0.3) is 0 Å². The van der Waals surface area contributed by atoms with E-state index in [-0.39, 0.29) is 5.91 Å². The lowest BCUT2D eigenvalue weighted by Gasteiger charge is -2.20. The highest BCUT2D eigenvalue weighted by atomic mass is 16.5. The number of hydrogen-bond acceptors (Lipinski definition) is 4. The van der Waals surface area contributed by atoms with Gasteiger partial charge in [0.05, 0.1) is 19.0 Å². The zero-order valence-electron chi connectivity index (χ0n) is 12.5. The molecule has 0 saturated heterocycles. The first-order valence-electron chi connectivity index (χ1n) is 7.38. The molecule has 2 aromatic rings. The molecule has 1 aliphatic rings. The number of ether oxygens (including phenoxy) is 1. The minimum atomic E-state index is -0.433. The summed E-state index contributed by atoms with van der Waals surface area (Å²) < 4.78 is 5.05. The summed E-state index contributed by atoms with van der Waals surface area (Å²) in [6.45, 7) is 0. The van der Waals surface area contributed by atoms with E-state index in [0.29, 0.717) is 11.9 Å². The number of carbonyl (C=O) groups is 1. The van der Waals surface area contributed by atoms with Gasteiger partial charge in [-0.05, 0) is 24.5 Å². The van der Waals surface area contributed by atoms with Gasteiger partial charge >= 0.3 is 0 Å². The Labute approximate surface area is 129 Å². The predicted molar refractivity (Wildman–Crippen MR) is 84.8 cm³/mol. The Balaban J connectivity index is 1.79. The van der Waals surface area contributed by atoms with Crippen molar-refractivity contribution in [3.05, 3.63) is 54.2 Å². The summed E-state index contributed by atoms with van der Waals surface area (Å²) in [5.74, 6) is 0.536. The third-order valence-corrected chi connectivity index (χ3v) is 3.58. The van der Waals surface area contributed by atoms with E-state index in [1.807, 2.05) is 36.4 Å². The maximum Gasteiger partial charge on any atom is 0.247 e. The Morgan fingerprint density at radius 1 is 1.23 bits per heavy atom. The monoisotopic (exact) mass is 297 g/mol. The number of pyridine rings is 1. The lowest BCUT2D eigenvalue weighted by atomic mass is 10.1. The van der Waals surface area contributed by atoms with Gasteiger partial charge in [0.2, 0.25) is 11.8 Å². The minimum absolute atomic E-state index is 0.00971. The van der Waals surface area contributed by atoms with Crippen LogP contribution < -0.4 is 15.4 Å². The number of benzene rings is 1. The second kappa shape index (κ2) is 6.47. The maximum absolute atomic E-state index is 12.5. The minimum Gasteiger partial charge on any atom is -0.481 e. The van der Waals surface area contributed by atoms with Gasteiger partial charge in [0.15, 0.2) is 0 Å². The second-order valence-corrected chi connectivity index (χ2v) is 5.36. The van der Waals surface area contributed by atoms with E-state index in [1.165, 1.54) is 0 Å². The third kappa shape index (κ3) is 3.55. The van der Waals surface area contributed by atoms with Gasteiger partial charge in [-0.25, -0.2) is 4.98 Å². The maximum atomic E-state index is 12.5. The van der Waals surface area contributed by atoms with Crippen molar-refractivity contribution in [3.63, 3.8) is 0 Å². The van der Waals surface area contributed by atoms with E-state index in [9.17, 15) is 4.79 Å². The molecule has 1 atom stereocenters. The normalized spacial score (nSPS) is 15.0. The predicted octanol–water partition coefficient (Wildman–Crippen LogP) is 2.52. The van der Waals surface area contributed by atoms with Crippen molar-refractivity contribution in [2.75, 3.05) is 12.4 Å². The van der Waals surface area contributed by atoms with Gasteiger partial charge in [0, 0.05) is 12.1 Å². The van der Waals surface area contributed by atoms with Crippen molar-refractivity contribution in [1.82, 2.24) is 10.3 Å². The Morgan fingerprint density at radius 2 is 2.00 bits per heavy atom. The molecule has 1 fully saturated rings. The zero-order valence-corrected chi connectivity index (χ0v) is 12.5. The molecule has 5 heteroatoms. The van der Waals surface area contributed by atoms with Crippen molar-refractivity contribution in [2.24, 2.45) is 0 Å². The molecule has 0 bridgehead atoms. The molecule has 1 aromatic carbocycles. The van der Waals surface area contributed by atoms with Crippen LogP contribution >= 0.6 is 0 Å². The quantitative estimate of drug-likeness (QED) is 0.860. The standard InChI is InChI=1S/C17H19N3O2/c1-22-15-10-9-14(11-18-15)19-16(12-5-3-2-4-6-12)17(21)20-13-7-8-13/h2-6,9-11,13,16,19H,7-8H2,1H3,(H,20,21)/t16-/m0/s1. The van der Waals surface area contributed by atoms with Crippen molar-refractivity contribution in [2.45, 2.75) is 24.9 Å². The van der Waals surface area contributed by atoms with Crippen LogP contribution in [0.2, 0.25) is 0 Å². The molecule has 0 spiro atoms. The molecule has 1 heterocycles. The average molecular weight is 297 g/mol. The number of aromatic nitrogens is 1. The van der Waals surface area contributed by atoms with Gasteiger partial charge in [-0.1, -0.05) is 30.3 Å². The lowest BCUT2D eigenvalue weighted by molar-refractivity contribution is -0.122. The van der Waals surface area contributed by atoms with Crippen molar-refractivity contribution in [1.29, 1.82) is 0 Å². The molecule has 1 saturated carbocycles. The summed E-state index contributed by atoms with van der Waals surface area (Å²) in [6.07, 6.45) is 3.80. The number of rotatable bonds is 6. The highest BCUT2D eigenvalue weighted by Gasteiger charge is 2.28. The number of carbonyl (C=O) groups excluding carboxylic acids is 1. The number of methoxy groups -OCH3 is 1. The number of nitrogens with one attached hydrogen (secondary N) is 2. The first kappa shape index (κ1) is 14.4. The van der Waals surface area contributed by atoms with Gasteiger partial charge in [0.1, 0.15) is 6.04 Å². The Bertz CT molecular complexity index is 624. The molecular formula is C17H19N3O2. The Hall–Kier alpha value is -2.56. The average Bonchev–Trinajstić information content (AvgIpc) is 3.38. The second-order valence-electron chi connectivity index (χ2n) is 5.36. The largest absolute Gasteiger partial charge is 0.481 e. The Kier molecular flexibility index (Phi) is 4.23. The molecule has 1 aromatic heterocycles. The fourth-order valence-corrected chi connectivity index (χ4v) is 2.21. The zero-order chi connectivity index (χ0) is 15.4. The number of amides is 1. The highest BCUT2D eigenvalue weighted by molar-refractivity contribution is 5.86. The molecule has 0 radical (unpaired) electrons. The van der Waals surface area contributed by atoms with Crippen LogP contribution in [0.4, 0.5) is 5.69 Å². The van der Waals surface area contributed by atoms with Gasteiger partial charge in [-0.2, -0.15) is 0 Å². The van der Waals surface area contributed by atoms with Crippen molar-refractivity contribution in [3.8, 4) is 5.88 Å². The van der Waals surface area contributed by atoms with Gasteiger partial charge < -0.3 is 15.4 Å². The van der Waals surface area contributed by atoms with Crippen LogP contribution in [-0.4, -0.2) is 24.0 Å². The summed E-state index contributed by atoms with van der Waals surface area (Å²) in [5, 5.41) is 6.30. The van der Waals surface area contributed by atoms with Crippen LogP contribution in [0.25, 0.3) is 0 Å². The van der Waals surface area contributed by atoms with Crippen LogP contribution in [0.3, 0.4) is 0 Å². The van der Waals surface area contributed by atoms with Crippen LogP contribution in [-0.2, 0) is 4.79 Å². The first-order valence-corrected chi connectivity index (χ1v) is 7.38. The lowest BCUT2D eigenvalue weighted by Crippen LogP contribution is -2.34. The van der Waals surface area contributed by atoms with Crippen molar-refractivity contribution >= 4 is 11.6 Å². The smallest absolute Gasteiger partial charge is 0.247 e. The molecule has 5 nitrogen and oxygen atoms in total. The highest BCUT2D eigenvalue weighted by Crippen LogP contribution is 2.24. The molecular weight excluding hydrogens is 278 g/mol. The van der Waals surface area contributed by atoms with Crippen LogP contribution in [0.15, 0.2) is 48.7 Å². The summed E-state index contributed by atoms with van der Waals surface area (Å²) in [4.78, 5) is 16.7. The topological polar surface area (TPSA) is 63.2 Å². The fraction of sp³-hybridized carbons (Fsp3) is 0.294. The van der Waals surface area contributed by atoms with E-state index in [0.717, 1.165) is 24.1 Å². The molecule has 2 N–H and O–H groups in total. The molecule has 0 aliphatic heterocycles. The summed E-state index contributed by atoms with van der Waals surface area (Å²) in [5.41, 5.74) is 1.71. The van der Waals surface area contributed by atoms with Crippen molar-refractivity contribution < 1.29 is 9.53 Å².